The Morgan fingerprint density at radius 3 is 2.48 bits per heavy atom. The van der Waals surface area contributed by atoms with Crippen molar-refractivity contribution >= 4 is 23.3 Å². The first-order valence-corrected chi connectivity index (χ1v) is 7.08. The van der Waals surface area contributed by atoms with Crippen molar-refractivity contribution < 1.29 is 31.9 Å². The second-order valence-electron chi connectivity index (χ2n) is 5.51. The topological polar surface area (TPSA) is 40.5 Å². The highest BCUT2D eigenvalue weighted by molar-refractivity contribution is 6.32. The van der Waals surface area contributed by atoms with Crippen LogP contribution in [-0.4, -0.2) is 30.1 Å². The molecule has 1 fully saturated rings. The molecule has 0 radical (unpaired) electrons. The molecular weight excluding hydrogens is 345 g/mol. The zero-order chi connectivity index (χ0) is 17.6. The molecule has 0 aromatic heterocycles. The van der Waals surface area contributed by atoms with Crippen LogP contribution in [0.4, 0.5) is 27.6 Å². The average molecular weight is 358 g/mol. The zero-order valence-corrected chi connectivity index (χ0v) is 12.7. The molecule has 0 spiro atoms. The smallest absolute Gasteiger partial charge is 0.417 e. The molecule has 1 aliphatic heterocycles. The Labute approximate surface area is 133 Å². The van der Waals surface area contributed by atoms with Gasteiger partial charge >= 0.3 is 12.1 Å². The van der Waals surface area contributed by atoms with Crippen molar-refractivity contribution in [1.29, 1.82) is 0 Å². The molecule has 3 nitrogen and oxygen atoms in total. The molecule has 128 valence electrons. The van der Waals surface area contributed by atoms with Crippen molar-refractivity contribution in [2.45, 2.75) is 25.4 Å². The van der Waals surface area contributed by atoms with E-state index in [0.717, 1.165) is 0 Å². The highest BCUT2D eigenvalue weighted by atomic mass is 35.5. The molecule has 23 heavy (non-hydrogen) atoms. The first-order valence-electron chi connectivity index (χ1n) is 6.70. The van der Waals surface area contributed by atoms with E-state index >= 15 is 0 Å². The van der Waals surface area contributed by atoms with Gasteiger partial charge in [0.25, 0.3) is 5.92 Å². The number of piperidine rings is 1. The van der Waals surface area contributed by atoms with Crippen molar-refractivity contribution in [3.8, 4) is 0 Å². The van der Waals surface area contributed by atoms with E-state index in [1.165, 1.54) is 11.8 Å². The van der Waals surface area contributed by atoms with Crippen LogP contribution in [0.3, 0.4) is 0 Å². The minimum atomic E-state index is -4.77. The number of carbonyl (C=O) groups is 1. The Kier molecular flexibility index (Phi) is 4.49. The van der Waals surface area contributed by atoms with E-state index in [1.54, 1.807) is 0 Å². The van der Waals surface area contributed by atoms with Crippen LogP contribution in [0.25, 0.3) is 0 Å². The number of benzene rings is 1. The minimum absolute atomic E-state index is 0.240. The van der Waals surface area contributed by atoms with Crippen LogP contribution in [0.2, 0.25) is 5.02 Å². The van der Waals surface area contributed by atoms with Gasteiger partial charge in [0.15, 0.2) is 0 Å². The highest BCUT2D eigenvalue weighted by Gasteiger charge is 2.42. The maximum atomic E-state index is 13.5. The first kappa shape index (κ1) is 17.8. The van der Waals surface area contributed by atoms with Crippen LogP contribution in [0.15, 0.2) is 12.1 Å². The van der Waals surface area contributed by atoms with Crippen LogP contribution < -0.4 is 4.90 Å². The van der Waals surface area contributed by atoms with Gasteiger partial charge in [-0.15, -0.1) is 0 Å². The van der Waals surface area contributed by atoms with Gasteiger partial charge in [0.1, 0.15) is 0 Å². The van der Waals surface area contributed by atoms with Gasteiger partial charge in [0.05, 0.1) is 21.8 Å². The van der Waals surface area contributed by atoms with Gasteiger partial charge in [-0.25, -0.2) is 13.6 Å². The molecule has 1 aromatic carbocycles. The molecule has 1 N–H and O–H groups in total. The molecular formula is C14H13ClF5NO2. The van der Waals surface area contributed by atoms with Crippen LogP contribution >= 0.6 is 11.6 Å². The van der Waals surface area contributed by atoms with Crippen molar-refractivity contribution in [3.63, 3.8) is 0 Å². The van der Waals surface area contributed by atoms with Gasteiger partial charge in [-0.1, -0.05) is 18.5 Å². The molecule has 1 atom stereocenters. The lowest BCUT2D eigenvalue weighted by Gasteiger charge is -2.38. The second kappa shape index (κ2) is 5.81. The van der Waals surface area contributed by atoms with Crippen molar-refractivity contribution in [2.24, 2.45) is 5.92 Å². The molecule has 0 saturated carbocycles. The van der Waals surface area contributed by atoms with Gasteiger partial charge < -0.3 is 10.0 Å². The largest absolute Gasteiger partial charge is 0.478 e. The Morgan fingerprint density at radius 1 is 1.39 bits per heavy atom. The summed E-state index contributed by atoms with van der Waals surface area (Å²) in [5.74, 6) is -5.51. The molecule has 1 unspecified atom stereocenters. The van der Waals surface area contributed by atoms with Gasteiger partial charge in [-0.05, 0) is 12.1 Å². The summed E-state index contributed by atoms with van der Waals surface area (Å²) in [4.78, 5) is 12.5. The molecule has 0 amide bonds. The fraction of sp³-hybridized carbons (Fsp3) is 0.500. The fourth-order valence-corrected chi connectivity index (χ4v) is 2.79. The fourth-order valence-electron chi connectivity index (χ4n) is 2.52. The normalized spacial score (nSPS) is 21.3. The van der Waals surface area contributed by atoms with E-state index in [-0.39, 0.29) is 18.8 Å². The second-order valence-corrected chi connectivity index (χ2v) is 5.92. The summed E-state index contributed by atoms with van der Waals surface area (Å²) in [6.07, 6.45) is -5.33. The van der Waals surface area contributed by atoms with E-state index in [2.05, 4.69) is 0 Å². The van der Waals surface area contributed by atoms with E-state index in [4.69, 9.17) is 16.7 Å². The molecule has 1 aromatic rings. The van der Waals surface area contributed by atoms with Crippen molar-refractivity contribution in [1.82, 2.24) is 0 Å². The Hall–Kier alpha value is -1.57. The van der Waals surface area contributed by atoms with E-state index in [0.29, 0.717) is 12.1 Å². The van der Waals surface area contributed by atoms with Gasteiger partial charge in [-0.2, -0.15) is 13.2 Å². The number of nitrogens with zero attached hydrogens (tertiary/aromatic N) is 1. The highest BCUT2D eigenvalue weighted by Crippen LogP contribution is 2.41. The third kappa shape index (κ3) is 3.52. The summed E-state index contributed by atoms with van der Waals surface area (Å²) in [6, 6.07) is 1.32. The Bertz CT molecular complexity index is 632. The first-order chi connectivity index (χ1) is 10.4. The summed E-state index contributed by atoms with van der Waals surface area (Å²) in [5.41, 5.74) is -1.89. The lowest BCUT2D eigenvalue weighted by Crippen LogP contribution is -2.46. The standard InChI is InChI=1S/C14H13ClF5NO2/c1-7-6-21(3-2-13(7,16)17)11-5-9(14(18,19)20)10(15)4-8(11)12(22)23/h4-5,7H,2-3,6H2,1H3,(H,22,23). The maximum absolute atomic E-state index is 13.5. The van der Waals surface area contributed by atoms with Crippen molar-refractivity contribution in [3.05, 3.63) is 28.3 Å². The lowest BCUT2D eigenvalue weighted by atomic mass is 9.94. The predicted octanol–water partition coefficient (Wildman–Crippen LogP) is 4.54. The van der Waals surface area contributed by atoms with Crippen LogP contribution in [0, 0.1) is 5.92 Å². The summed E-state index contributed by atoms with van der Waals surface area (Å²) >= 11 is 5.52. The monoisotopic (exact) mass is 357 g/mol. The lowest BCUT2D eigenvalue weighted by molar-refractivity contribution is -0.137. The SMILES string of the molecule is CC1CN(c2cc(C(F)(F)F)c(Cl)cc2C(=O)O)CCC1(F)F. The Morgan fingerprint density at radius 2 is 2.00 bits per heavy atom. The van der Waals surface area contributed by atoms with Crippen LogP contribution in [0.1, 0.15) is 29.3 Å². The van der Waals surface area contributed by atoms with E-state index < -0.39 is 46.6 Å². The average Bonchev–Trinajstić information content (AvgIpc) is 2.40. The van der Waals surface area contributed by atoms with Gasteiger partial charge in [0.2, 0.25) is 0 Å². The molecule has 0 bridgehead atoms. The number of anilines is 1. The number of aromatic carboxylic acids is 1. The quantitative estimate of drug-likeness (QED) is 0.790. The molecule has 1 saturated heterocycles. The number of halogens is 6. The molecule has 1 heterocycles. The molecule has 2 rings (SSSR count). The summed E-state index contributed by atoms with van der Waals surface area (Å²) in [7, 11) is 0. The Balaban J connectivity index is 2.50. The summed E-state index contributed by atoms with van der Waals surface area (Å²) in [6.45, 7) is 0.788. The minimum Gasteiger partial charge on any atom is -0.478 e. The van der Waals surface area contributed by atoms with Crippen LogP contribution in [-0.2, 0) is 6.18 Å². The van der Waals surface area contributed by atoms with Gasteiger partial charge in [-0.3, -0.25) is 0 Å². The summed E-state index contributed by atoms with van der Waals surface area (Å²) < 4.78 is 65.9. The zero-order valence-electron chi connectivity index (χ0n) is 11.9. The molecule has 9 heteroatoms. The number of hydrogen-bond acceptors (Lipinski definition) is 2. The van der Waals surface area contributed by atoms with E-state index in [9.17, 15) is 26.7 Å². The van der Waals surface area contributed by atoms with Crippen molar-refractivity contribution in [2.75, 3.05) is 18.0 Å². The summed E-state index contributed by atoms with van der Waals surface area (Å²) in [5, 5.41) is 8.43. The molecule has 0 aliphatic carbocycles. The third-order valence-corrected chi connectivity index (χ3v) is 4.20. The third-order valence-electron chi connectivity index (χ3n) is 3.89. The number of alkyl halides is 5. The van der Waals surface area contributed by atoms with Gasteiger partial charge in [0, 0.05) is 25.4 Å². The molecule has 1 aliphatic rings. The number of hydrogen-bond donors (Lipinski definition) is 1. The predicted molar refractivity (Wildman–Crippen MR) is 74.4 cm³/mol. The number of rotatable bonds is 2. The van der Waals surface area contributed by atoms with E-state index in [1.807, 2.05) is 0 Å². The maximum Gasteiger partial charge on any atom is 0.417 e. The number of carboxylic acids is 1. The van der Waals surface area contributed by atoms with Crippen LogP contribution in [0.5, 0.6) is 0 Å². The number of carboxylic acid groups (broad SMARTS) is 1.